The standard InChI is InChI=1S/C19H17N3O4S/c1-25-12-7-8-13(17(23)14-5-3-4-6-16(14)26-2)15(11-12)21-18(24)22-19-20-9-10-27-19/h3-11H,1-2H3,(H2,20,21,22,24). The van der Waals surface area contributed by atoms with Crippen LogP contribution < -0.4 is 20.1 Å². The van der Waals surface area contributed by atoms with E-state index in [0.29, 0.717) is 33.4 Å². The Morgan fingerprint density at radius 1 is 1.00 bits per heavy atom. The van der Waals surface area contributed by atoms with Gasteiger partial charge < -0.3 is 14.8 Å². The molecule has 138 valence electrons. The molecule has 3 aromatic rings. The Morgan fingerprint density at radius 3 is 2.52 bits per heavy atom. The highest BCUT2D eigenvalue weighted by molar-refractivity contribution is 7.13. The normalized spacial score (nSPS) is 10.1. The van der Waals surface area contributed by atoms with Crippen LogP contribution in [-0.2, 0) is 0 Å². The number of urea groups is 1. The third kappa shape index (κ3) is 4.24. The first kappa shape index (κ1) is 18.4. The fraction of sp³-hybridized carbons (Fsp3) is 0.105. The molecule has 3 rings (SSSR count). The molecule has 2 N–H and O–H groups in total. The monoisotopic (exact) mass is 383 g/mol. The van der Waals surface area contributed by atoms with Gasteiger partial charge in [0.05, 0.1) is 25.5 Å². The van der Waals surface area contributed by atoms with Crippen molar-refractivity contribution in [2.24, 2.45) is 0 Å². The quantitative estimate of drug-likeness (QED) is 0.627. The molecule has 0 spiro atoms. The van der Waals surface area contributed by atoms with Crippen molar-refractivity contribution < 1.29 is 19.1 Å². The highest BCUT2D eigenvalue weighted by Gasteiger charge is 2.19. The molecule has 0 saturated heterocycles. The van der Waals surface area contributed by atoms with E-state index in [1.54, 1.807) is 54.0 Å². The molecule has 0 atom stereocenters. The maximum atomic E-state index is 13.0. The summed E-state index contributed by atoms with van der Waals surface area (Å²) < 4.78 is 10.5. The van der Waals surface area contributed by atoms with Gasteiger partial charge in [0.1, 0.15) is 11.5 Å². The number of nitrogens with one attached hydrogen (secondary N) is 2. The van der Waals surface area contributed by atoms with Crippen LogP contribution in [0.15, 0.2) is 54.0 Å². The van der Waals surface area contributed by atoms with Crippen molar-refractivity contribution in [1.82, 2.24) is 4.98 Å². The largest absolute Gasteiger partial charge is 0.497 e. The Kier molecular flexibility index (Phi) is 5.68. The van der Waals surface area contributed by atoms with Gasteiger partial charge in [-0.3, -0.25) is 10.1 Å². The van der Waals surface area contributed by atoms with E-state index in [1.165, 1.54) is 25.6 Å². The number of methoxy groups -OCH3 is 2. The number of ketones is 1. The number of amides is 2. The van der Waals surface area contributed by atoms with E-state index in [2.05, 4.69) is 15.6 Å². The number of thiazole rings is 1. The molecule has 0 unspecified atom stereocenters. The van der Waals surface area contributed by atoms with Crippen LogP contribution in [0.3, 0.4) is 0 Å². The van der Waals surface area contributed by atoms with Gasteiger partial charge in [0.25, 0.3) is 0 Å². The van der Waals surface area contributed by atoms with Gasteiger partial charge >= 0.3 is 6.03 Å². The second kappa shape index (κ2) is 8.33. The summed E-state index contributed by atoms with van der Waals surface area (Å²) in [5, 5.41) is 7.50. The lowest BCUT2D eigenvalue weighted by Crippen LogP contribution is -2.21. The molecule has 0 aliphatic heterocycles. The molecule has 1 aromatic heterocycles. The molecule has 7 nitrogen and oxygen atoms in total. The number of hydrogen-bond acceptors (Lipinski definition) is 6. The molecule has 0 fully saturated rings. The lowest BCUT2D eigenvalue weighted by molar-refractivity contribution is 0.103. The molecular formula is C19H17N3O4S. The molecule has 2 amide bonds. The van der Waals surface area contributed by atoms with Crippen molar-refractivity contribution in [2.75, 3.05) is 24.9 Å². The minimum Gasteiger partial charge on any atom is -0.497 e. The van der Waals surface area contributed by atoms with Crippen molar-refractivity contribution in [2.45, 2.75) is 0 Å². The molecule has 2 aromatic carbocycles. The van der Waals surface area contributed by atoms with Gasteiger partial charge in [-0.1, -0.05) is 12.1 Å². The second-order valence-corrected chi connectivity index (χ2v) is 6.25. The number of carbonyl (C=O) groups excluding carboxylic acids is 2. The van der Waals surface area contributed by atoms with Crippen LogP contribution in [0.25, 0.3) is 0 Å². The number of carbonyl (C=O) groups is 2. The number of hydrogen-bond donors (Lipinski definition) is 2. The Morgan fingerprint density at radius 2 is 1.81 bits per heavy atom. The number of para-hydroxylation sites is 1. The predicted molar refractivity (Wildman–Crippen MR) is 104 cm³/mol. The van der Waals surface area contributed by atoms with Gasteiger partial charge in [-0.15, -0.1) is 11.3 Å². The van der Waals surface area contributed by atoms with Gasteiger partial charge in [0.2, 0.25) is 0 Å². The van der Waals surface area contributed by atoms with E-state index in [0.717, 1.165) is 0 Å². The van der Waals surface area contributed by atoms with Crippen LogP contribution in [-0.4, -0.2) is 31.0 Å². The first-order chi connectivity index (χ1) is 13.1. The number of anilines is 2. The molecule has 0 bridgehead atoms. The molecule has 8 heteroatoms. The number of nitrogens with zero attached hydrogens (tertiary/aromatic N) is 1. The van der Waals surface area contributed by atoms with Crippen LogP contribution in [0, 0.1) is 0 Å². The Hall–Kier alpha value is -3.39. The van der Waals surface area contributed by atoms with Crippen molar-refractivity contribution in [3.63, 3.8) is 0 Å². The molecular weight excluding hydrogens is 366 g/mol. The SMILES string of the molecule is COc1ccc(C(=O)c2ccccc2OC)c(NC(=O)Nc2nccs2)c1. The fourth-order valence-electron chi connectivity index (χ4n) is 2.46. The minimum absolute atomic E-state index is 0.278. The molecule has 0 radical (unpaired) electrons. The van der Waals surface area contributed by atoms with Crippen molar-refractivity contribution in [3.8, 4) is 11.5 Å². The average Bonchev–Trinajstić information content (AvgIpc) is 3.20. The molecule has 0 aliphatic rings. The summed E-state index contributed by atoms with van der Waals surface area (Å²) in [6.07, 6.45) is 1.59. The van der Waals surface area contributed by atoms with E-state index in [9.17, 15) is 9.59 Å². The highest BCUT2D eigenvalue weighted by atomic mass is 32.1. The number of rotatable bonds is 6. The van der Waals surface area contributed by atoms with E-state index in [1.807, 2.05) is 0 Å². The average molecular weight is 383 g/mol. The summed E-state index contributed by atoms with van der Waals surface area (Å²) in [5.41, 5.74) is 1.03. The maximum Gasteiger partial charge on any atom is 0.325 e. The van der Waals surface area contributed by atoms with Gasteiger partial charge in [-0.25, -0.2) is 9.78 Å². The number of aromatic nitrogens is 1. The van der Waals surface area contributed by atoms with Gasteiger partial charge in [-0.2, -0.15) is 0 Å². The first-order valence-electron chi connectivity index (χ1n) is 7.95. The topological polar surface area (TPSA) is 89.5 Å². The first-order valence-corrected chi connectivity index (χ1v) is 8.83. The predicted octanol–water partition coefficient (Wildman–Crippen LogP) is 4.04. The zero-order valence-electron chi connectivity index (χ0n) is 14.7. The summed E-state index contributed by atoms with van der Waals surface area (Å²) in [6, 6.07) is 11.3. The summed E-state index contributed by atoms with van der Waals surface area (Å²) >= 11 is 1.29. The summed E-state index contributed by atoms with van der Waals surface area (Å²) in [6.45, 7) is 0. The van der Waals surface area contributed by atoms with Crippen LogP contribution in [0.5, 0.6) is 11.5 Å². The van der Waals surface area contributed by atoms with Crippen LogP contribution >= 0.6 is 11.3 Å². The van der Waals surface area contributed by atoms with Crippen molar-refractivity contribution >= 4 is 34.0 Å². The molecule has 0 saturated carbocycles. The third-order valence-electron chi connectivity index (χ3n) is 3.72. The minimum atomic E-state index is -0.507. The molecule has 1 heterocycles. The number of benzene rings is 2. The fourth-order valence-corrected chi connectivity index (χ4v) is 2.99. The van der Waals surface area contributed by atoms with E-state index in [4.69, 9.17) is 9.47 Å². The molecule has 0 aliphatic carbocycles. The Balaban J connectivity index is 1.93. The summed E-state index contributed by atoms with van der Waals surface area (Å²) in [7, 11) is 3.01. The Labute approximate surface area is 160 Å². The zero-order chi connectivity index (χ0) is 19.2. The highest BCUT2D eigenvalue weighted by Crippen LogP contribution is 2.28. The van der Waals surface area contributed by atoms with E-state index < -0.39 is 6.03 Å². The summed E-state index contributed by atoms with van der Waals surface area (Å²) in [4.78, 5) is 29.3. The second-order valence-electron chi connectivity index (χ2n) is 5.36. The van der Waals surface area contributed by atoms with E-state index >= 15 is 0 Å². The van der Waals surface area contributed by atoms with Crippen molar-refractivity contribution in [3.05, 3.63) is 65.2 Å². The van der Waals surface area contributed by atoms with Crippen LogP contribution in [0.4, 0.5) is 15.6 Å². The van der Waals surface area contributed by atoms with Crippen LogP contribution in [0.2, 0.25) is 0 Å². The molecule has 27 heavy (non-hydrogen) atoms. The number of ether oxygens (including phenoxy) is 2. The summed E-state index contributed by atoms with van der Waals surface area (Å²) in [5.74, 6) is 0.687. The Bertz CT molecular complexity index is 957. The lowest BCUT2D eigenvalue weighted by Gasteiger charge is -2.13. The van der Waals surface area contributed by atoms with Gasteiger partial charge in [-0.05, 0) is 24.3 Å². The smallest absolute Gasteiger partial charge is 0.325 e. The van der Waals surface area contributed by atoms with Gasteiger partial charge in [0, 0.05) is 23.2 Å². The van der Waals surface area contributed by atoms with Crippen LogP contribution in [0.1, 0.15) is 15.9 Å². The third-order valence-corrected chi connectivity index (χ3v) is 4.41. The lowest BCUT2D eigenvalue weighted by atomic mass is 10.0. The maximum absolute atomic E-state index is 13.0. The van der Waals surface area contributed by atoms with Crippen molar-refractivity contribution in [1.29, 1.82) is 0 Å². The zero-order valence-corrected chi connectivity index (χ0v) is 15.5. The van der Waals surface area contributed by atoms with E-state index in [-0.39, 0.29) is 5.78 Å². The van der Waals surface area contributed by atoms with Gasteiger partial charge in [0.15, 0.2) is 10.9 Å².